The van der Waals surface area contributed by atoms with E-state index in [1.165, 1.54) is 11.4 Å². The van der Waals surface area contributed by atoms with E-state index in [0.717, 1.165) is 36.9 Å². The zero-order chi connectivity index (χ0) is 23.5. The molecule has 1 aliphatic carbocycles. The fourth-order valence-electron chi connectivity index (χ4n) is 5.98. The van der Waals surface area contributed by atoms with Crippen molar-refractivity contribution in [3.05, 3.63) is 126 Å². The van der Waals surface area contributed by atoms with Crippen LogP contribution in [0.4, 0.5) is 0 Å². The Morgan fingerprint density at radius 3 is 2.03 bits per heavy atom. The largest absolute Gasteiger partial charge is 0.369 e. The van der Waals surface area contributed by atoms with E-state index in [1.54, 1.807) is 0 Å². The molecule has 172 valence electrons. The highest BCUT2D eigenvalue weighted by Gasteiger charge is 2.51. The summed E-state index contributed by atoms with van der Waals surface area (Å²) in [5.41, 5.74) is 8.70. The zero-order valence-electron chi connectivity index (χ0n) is 19.7. The van der Waals surface area contributed by atoms with Gasteiger partial charge in [-0.3, -0.25) is 4.79 Å². The standard InChI is InChI=1S/C30H31N3O/c1-23-32(22-24-11-5-2-6-12-24)19-20-33(23)28-18-17-27(21-28)30(29(31)34,25-13-7-3-8-14-25)26-15-9-4-10-16-26/h2-16,19-20,27-28H,17-18,21-22H2,1H3,(H-,31,34)/p+1/t27-,28-/m1/s1. The quantitative estimate of drug-likeness (QED) is 0.398. The summed E-state index contributed by atoms with van der Waals surface area (Å²) < 4.78 is 4.70. The second kappa shape index (κ2) is 9.30. The first-order chi connectivity index (χ1) is 16.6. The Bertz CT molecular complexity index is 1210. The Kier molecular flexibility index (Phi) is 6.06. The number of primary amides is 1. The van der Waals surface area contributed by atoms with Gasteiger partial charge in [0.2, 0.25) is 5.91 Å². The van der Waals surface area contributed by atoms with Crippen molar-refractivity contribution >= 4 is 5.91 Å². The highest BCUT2D eigenvalue weighted by atomic mass is 16.1. The molecule has 0 bridgehead atoms. The van der Waals surface area contributed by atoms with Gasteiger partial charge in [-0.25, -0.2) is 9.13 Å². The molecule has 2 atom stereocenters. The third-order valence-corrected chi connectivity index (χ3v) is 7.65. The zero-order valence-corrected chi connectivity index (χ0v) is 19.7. The first kappa shape index (κ1) is 22.1. The highest BCUT2D eigenvalue weighted by molar-refractivity contribution is 5.91. The van der Waals surface area contributed by atoms with Crippen molar-refractivity contribution in [3.8, 4) is 0 Å². The summed E-state index contributed by atoms with van der Waals surface area (Å²) >= 11 is 0. The summed E-state index contributed by atoms with van der Waals surface area (Å²) in [6.45, 7) is 3.04. The van der Waals surface area contributed by atoms with Crippen molar-refractivity contribution in [2.24, 2.45) is 11.7 Å². The average Bonchev–Trinajstić information content (AvgIpc) is 3.49. The van der Waals surface area contributed by atoms with Gasteiger partial charge in [0.15, 0.2) is 0 Å². The van der Waals surface area contributed by atoms with Crippen molar-refractivity contribution < 1.29 is 9.36 Å². The maximum Gasteiger partial charge on any atom is 0.253 e. The molecule has 1 aliphatic rings. The van der Waals surface area contributed by atoms with E-state index in [1.807, 2.05) is 36.4 Å². The van der Waals surface area contributed by atoms with Crippen LogP contribution in [0.2, 0.25) is 0 Å². The molecule has 4 heteroatoms. The SMILES string of the molecule is Cc1n([C@@H]2CC[C@@H](C(C(N)=O)(c3ccccc3)c3ccccc3)C2)cc[n+]1Cc1ccccc1. The number of hydrogen-bond donors (Lipinski definition) is 1. The number of imidazole rings is 1. The summed E-state index contributed by atoms with van der Waals surface area (Å²) in [4.78, 5) is 13.3. The molecule has 1 aromatic heterocycles. The van der Waals surface area contributed by atoms with Crippen LogP contribution in [0.5, 0.6) is 0 Å². The van der Waals surface area contributed by atoms with Crippen LogP contribution in [-0.4, -0.2) is 10.5 Å². The number of carbonyl (C=O) groups excluding carboxylic acids is 1. The molecular weight excluding hydrogens is 418 g/mol. The lowest BCUT2D eigenvalue weighted by Crippen LogP contribution is -2.47. The van der Waals surface area contributed by atoms with Crippen molar-refractivity contribution in [1.29, 1.82) is 0 Å². The van der Waals surface area contributed by atoms with Crippen LogP contribution in [0.3, 0.4) is 0 Å². The Morgan fingerprint density at radius 1 is 0.912 bits per heavy atom. The predicted octanol–water partition coefficient (Wildman–Crippen LogP) is 4.95. The third kappa shape index (κ3) is 3.83. The lowest BCUT2D eigenvalue weighted by Gasteiger charge is -2.37. The number of carbonyl (C=O) groups is 1. The summed E-state index contributed by atoms with van der Waals surface area (Å²) in [6.07, 6.45) is 7.26. The van der Waals surface area contributed by atoms with Crippen molar-refractivity contribution in [3.63, 3.8) is 0 Å². The number of hydrogen-bond acceptors (Lipinski definition) is 1. The molecule has 34 heavy (non-hydrogen) atoms. The van der Waals surface area contributed by atoms with Crippen LogP contribution < -0.4 is 10.3 Å². The Hall–Kier alpha value is -3.66. The summed E-state index contributed by atoms with van der Waals surface area (Å²) in [7, 11) is 0. The molecule has 0 radical (unpaired) electrons. The van der Waals surface area contributed by atoms with Gasteiger partial charge in [0.1, 0.15) is 30.4 Å². The number of nitrogens with zero attached hydrogens (tertiary/aromatic N) is 2. The van der Waals surface area contributed by atoms with Crippen LogP contribution in [0.1, 0.15) is 47.8 Å². The minimum absolute atomic E-state index is 0.129. The fourth-order valence-corrected chi connectivity index (χ4v) is 5.98. The predicted molar refractivity (Wildman–Crippen MR) is 134 cm³/mol. The van der Waals surface area contributed by atoms with Crippen molar-refractivity contribution in [2.75, 3.05) is 0 Å². The fraction of sp³-hybridized carbons (Fsp3) is 0.267. The molecule has 0 saturated heterocycles. The van der Waals surface area contributed by atoms with Crippen LogP contribution in [0, 0.1) is 12.8 Å². The monoisotopic (exact) mass is 450 g/mol. The minimum atomic E-state index is -0.835. The van der Waals surface area contributed by atoms with Gasteiger partial charge in [-0.2, -0.15) is 0 Å². The molecular formula is C30H32N3O+. The summed E-state index contributed by atoms with van der Waals surface area (Å²) in [6, 6.07) is 31.1. The maximum atomic E-state index is 13.3. The van der Waals surface area contributed by atoms with Gasteiger partial charge in [0, 0.05) is 6.92 Å². The molecule has 1 saturated carbocycles. The number of amides is 1. The molecule has 1 heterocycles. The van der Waals surface area contributed by atoms with E-state index in [-0.39, 0.29) is 11.8 Å². The molecule has 4 nitrogen and oxygen atoms in total. The first-order valence-corrected chi connectivity index (χ1v) is 12.1. The van der Waals surface area contributed by atoms with E-state index in [4.69, 9.17) is 5.73 Å². The number of nitrogens with two attached hydrogens (primary N) is 1. The molecule has 1 amide bonds. The highest BCUT2D eigenvalue weighted by Crippen LogP contribution is 2.49. The van der Waals surface area contributed by atoms with Gasteiger partial charge < -0.3 is 5.73 Å². The van der Waals surface area contributed by atoms with E-state index in [2.05, 4.69) is 83.0 Å². The first-order valence-electron chi connectivity index (χ1n) is 12.1. The van der Waals surface area contributed by atoms with Crippen molar-refractivity contribution in [2.45, 2.75) is 44.2 Å². The van der Waals surface area contributed by atoms with Gasteiger partial charge in [-0.1, -0.05) is 91.0 Å². The Morgan fingerprint density at radius 2 is 1.47 bits per heavy atom. The van der Waals surface area contributed by atoms with Crippen LogP contribution in [-0.2, 0) is 16.8 Å². The minimum Gasteiger partial charge on any atom is -0.369 e. The van der Waals surface area contributed by atoms with Crippen LogP contribution >= 0.6 is 0 Å². The maximum absolute atomic E-state index is 13.3. The topological polar surface area (TPSA) is 51.9 Å². The smallest absolute Gasteiger partial charge is 0.253 e. The number of benzene rings is 3. The molecule has 3 aromatic carbocycles. The number of rotatable bonds is 7. The molecule has 2 N–H and O–H groups in total. The number of aromatic nitrogens is 2. The Balaban J connectivity index is 1.48. The second-order valence-corrected chi connectivity index (χ2v) is 9.43. The third-order valence-electron chi connectivity index (χ3n) is 7.65. The molecule has 0 unspecified atom stereocenters. The van der Waals surface area contributed by atoms with Crippen LogP contribution in [0.15, 0.2) is 103 Å². The molecule has 0 spiro atoms. The van der Waals surface area contributed by atoms with Gasteiger partial charge in [0.25, 0.3) is 5.82 Å². The molecule has 5 rings (SSSR count). The van der Waals surface area contributed by atoms with E-state index < -0.39 is 5.41 Å². The Labute approximate surface area is 201 Å². The lowest BCUT2D eigenvalue weighted by atomic mass is 9.64. The molecule has 0 aliphatic heterocycles. The van der Waals surface area contributed by atoms with E-state index in [0.29, 0.717) is 6.04 Å². The normalized spacial score (nSPS) is 18.1. The second-order valence-electron chi connectivity index (χ2n) is 9.43. The van der Waals surface area contributed by atoms with E-state index >= 15 is 0 Å². The lowest BCUT2D eigenvalue weighted by molar-refractivity contribution is -0.694. The van der Waals surface area contributed by atoms with Crippen LogP contribution in [0.25, 0.3) is 0 Å². The van der Waals surface area contributed by atoms with Gasteiger partial charge in [-0.15, -0.1) is 0 Å². The van der Waals surface area contributed by atoms with Gasteiger partial charge in [-0.05, 0) is 41.9 Å². The summed E-state index contributed by atoms with van der Waals surface area (Å²) in [5.74, 6) is 1.10. The molecule has 1 fully saturated rings. The van der Waals surface area contributed by atoms with Crippen molar-refractivity contribution in [1.82, 2.24) is 4.57 Å². The average molecular weight is 451 g/mol. The molecule has 4 aromatic rings. The van der Waals surface area contributed by atoms with Gasteiger partial charge >= 0.3 is 0 Å². The summed E-state index contributed by atoms with van der Waals surface area (Å²) in [5, 5.41) is 0. The van der Waals surface area contributed by atoms with E-state index in [9.17, 15) is 4.79 Å². The van der Waals surface area contributed by atoms with Gasteiger partial charge in [0.05, 0.1) is 0 Å².